The molecule has 0 radical (unpaired) electrons. The number of hydrogen-bond acceptors (Lipinski definition) is 11. The molecular formula is C26H36N4O8S2. The number of nitrogens with zero attached hydrogens (tertiary/aromatic N) is 3. The highest BCUT2D eigenvalue weighted by molar-refractivity contribution is 7.90. The summed E-state index contributed by atoms with van der Waals surface area (Å²) in [5.74, 6) is 0.819. The first-order valence-electron chi connectivity index (χ1n) is 13.3. The van der Waals surface area contributed by atoms with E-state index in [2.05, 4.69) is 10.3 Å². The zero-order chi connectivity index (χ0) is 28.5. The average Bonchev–Trinajstić information content (AvgIpc) is 3.32. The molecule has 0 amide bonds. The molecule has 12 nitrogen and oxygen atoms in total. The number of likely N-dealkylation sites (N-methyl/N-ethyl adjacent to an activating group) is 1. The molecule has 0 aliphatic carbocycles. The number of aliphatic hydroxyl groups excluding tert-OH is 1. The lowest BCUT2D eigenvalue weighted by Crippen LogP contribution is -2.47. The zero-order valence-corrected chi connectivity index (χ0v) is 24.3. The first-order chi connectivity index (χ1) is 19.0. The molecule has 1 spiro atoms. The SMILES string of the molecule is CN1CCOc2ncc(S(=O)(=O)N3CCC4(CC3)C[C@@H](NCC(O)COc3cccc(S(C)(=O)=O)c3)CO4)cc21. The molecule has 40 heavy (non-hydrogen) atoms. The molecule has 3 aliphatic heterocycles. The molecule has 2 N–H and O–H groups in total. The van der Waals surface area contributed by atoms with Crippen molar-refractivity contribution < 1.29 is 36.2 Å². The first-order valence-corrected chi connectivity index (χ1v) is 16.6. The number of piperidine rings is 1. The van der Waals surface area contributed by atoms with E-state index in [1.807, 2.05) is 11.9 Å². The van der Waals surface area contributed by atoms with Gasteiger partial charge in [0, 0.05) is 39.0 Å². The molecule has 0 bridgehead atoms. The van der Waals surface area contributed by atoms with Gasteiger partial charge < -0.3 is 29.5 Å². The van der Waals surface area contributed by atoms with Crippen LogP contribution in [0.3, 0.4) is 0 Å². The van der Waals surface area contributed by atoms with Gasteiger partial charge in [-0.25, -0.2) is 21.8 Å². The quantitative estimate of drug-likeness (QED) is 0.421. The number of benzene rings is 1. The van der Waals surface area contributed by atoms with Crippen molar-refractivity contribution in [1.29, 1.82) is 0 Å². The Morgan fingerprint density at radius 2 is 1.95 bits per heavy atom. The summed E-state index contributed by atoms with van der Waals surface area (Å²) in [7, 11) is -5.16. The van der Waals surface area contributed by atoms with Crippen molar-refractivity contribution in [2.24, 2.45) is 0 Å². The minimum Gasteiger partial charge on any atom is -0.491 e. The fourth-order valence-electron chi connectivity index (χ4n) is 5.30. The zero-order valence-electron chi connectivity index (χ0n) is 22.7. The number of sulfonamides is 1. The Labute approximate surface area is 235 Å². The molecule has 2 aromatic rings. The number of pyridine rings is 1. The predicted molar refractivity (Wildman–Crippen MR) is 147 cm³/mol. The van der Waals surface area contributed by atoms with E-state index in [4.69, 9.17) is 14.2 Å². The van der Waals surface area contributed by atoms with Crippen LogP contribution in [0.5, 0.6) is 11.6 Å². The Kier molecular flexibility index (Phi) is 8.28. The third kappa shape index (κ3) is 6.37. The van der Waals surface area contributed by atoms with E-state index in [0.717, 1.165) is 6.26 Å². The highest BCUT2D eigenvalue weighted by atomic mass is 32.2. The molecule has 4 heterocycles. The van der Waals surface area contributed by atoms with Gasteiger partial charge in [0.15, 0.2) is 9.84 Å². The summed E-state index contributed by atoms with van der Waals surface area (Å²) in [6.07, 6.45) is 3.56. The summed E-state index contributed by atoms with van der Waals surface area (Å²) in [4.78, 5) is 6.49. The second kappa shape index (κ2) is 11.4. The second-order valence-corrected chi connectivity index (χ2v) is 14.6. The molecular weight excluding hydrogens is 560 g/mol. The van der Waals surface area contributed by atoms with Gasteiger partial charge in [-0.05, 0) is 43.5 Å². The van der Waals surface area contributed by atoms with E-state index in [1.165, 1.54) is 22.6 Å². The number of anilines is 1. The highest BCUT2D eigenvalue weighted by Gasteiger charge is 2.45. The topological polar surface area (TPSA) is 148 Å². The van der Waals surface area contributed by atoms with Crippen LogP contribution in [0.15, 0.2) is 46.3 Å². The summed E-state index contributed by atoms with van der Waals surface area (Å²) >= 11 is 0. The van der Waals surface area contributed by atoms with Crippen molar-refractivity contribution in [3.8, 4) is 11.6 Å². The Morgan fingerprint density at radius 1 is 1.18 bits per heavy atom. The van der Waals surface area contributed by atoms with Crippen LogP contribution in [0.2, 0.25) is 0 Å². The maximum Gasteiger partial charge on any atom is 0.244 e. The number of hydrogen-bond donors (Lipinski definition) is 2. The van der Waals surface area contributed by atoms with Crippen LogP contribution < -0.4 is 19.7 Å². The monoisotopic (exact) mass is 596 g/mol. The molecule has 2 fully saturated rings. The number of aliphatic hydroxyl groups is 1. The molecule has 1 aromatic carbocycles. The normalized spacial score (nSPS) is 22.1. The van der Waals surface area contributed by atoms with Crippen LogP contribution >= 0.6 is 0 Å². The van der Waals surface area contributed by atoms with Crippen molar-refractivity contribution in [3.63, 3.8) is 0 Å². The lowest BCUT2D eigenvalue weighted by molar-refractivity contribution is -0.0312. The van der Waals surface area contributed by atoms with Gasteiger partial charge in [-0.3, -0.25) is 0 Å². The van der Waals surface area contributed by atoms with Gasteiger partial charge >= 0.3 is 0 Å². The molecule has 2 saturated heterocycles. The third-order valence-electron chi connectivity index (χ3n) is 7.68. The number of sulfone groups is 1. The molecule has 3 aliphatic rings. The Balaban J connectivity index is 1.09. The summed E-state index contributed by atoms with van der Waals surface area (Å²) in [5.41, 5.74) is 0.267. The molecule has 0 saturated carbocycles. The molecule has 2 atom stereocenters. The van der Waals surface area contributed by atoms with Gasteiger partial charge in [-0.15, -0.1) is 0 Å². The fourth-order valence-corrected chi connectivity index (χ4v) is 7.37. The van der Waals surface area contributed by atoms with Gasteiger partial charge in [0.05, 0.1) is 29.8 Å². The Bertz CT molecular complexity index is 1430. The van der Waals surface area contributed by atoms with Crippen LogP contribution in [0.25, 0.3) is 0 Å². The summed E-state index contributed by atoms with van der Waals surface area (Å²) < 4.78 is 69.0. The van der Waals surface area contributed by atoms with Crippen molar-refractivity contribution in [2.75, 3.05) is 64.2 Å². The third-order valence-corrected chi connectivity index (χ3v) is 10.7. The summed E-state index contributed by atoms with van der Waals surface area (Å²) in [5, 5.41) is 13.7. The number of aromatic nitrogens is 1. The maximum atomic E-state index is 13.4. The van der Waals surface area contributed by atoms with Crippen molar-refractivity contribution >= 4 is 25.5 Å². The maximum absolute atomic E-state index is 13.4. The van der Waals surface area contributed by atoms with Gasteiger partial charge in [0.25, 0.3) is 0 Å². The van der Waals surface area contributed by atoms with E-state index in [1.54, 1.807) is 18.2 Å². The largest absolute Gasteiger partial charge is 0.491 e. The van der Waals surface area contributed by atoms with E-state index in [-0.39, 0.29) is 29.0 Å². The van der Waals surface area contributed by atoms with E-state index in [9.17, 15) is 21.9 Å². The minimum atomic E-state index is -3.70. The lowest BCUT2D eigenvalue weighted by atomic mass is 9.88. The Morgan fingerprint density at radius 3 is 2.70 bits per heavy atom. The summed E-state index contributed by atoms with van der Waals surface area (Å²) in [6, 6.07) is 7.82. The number of ether oxygens (including phenoxy) is 3. The van der Waals surface area contributed by atoms with Gasteiger partial charge in [0.1, 0.15) is 35.7 Å². The van der Waals surface area contributed by atoms with Gasteiger partial charge in [-0.2, -0.15) is 4.31 Å². The number of nitrogens with one attached hydrogen (secondary N) is 1. The van der Waals surface area contributed by atoms with E-state index < -0.39 is 31.6 Å². The average molecular weight is 597 g/mol. The molecule has 14 heteroatoms. The fraction of sp³-hybridized carbons (Fsp3) is 0.577. The van der Waals surface area contributed by atoms with Crippen molar-refractivity contribution in [1.82, 2.24) is 14.6 Å². The minimum absolute atomic E-state index is 0.00518. The highest BCUT2D eigenvalue weighted by Crippen LogP contribution is 2.38. The standard InChI is InChI=1S/C26H36N4O8S2/c1-29-10-11-36-25-24(29)13-23(16-28-25)40(34,35)30-8-6-26(7-9-30)14-19(17-38-26)27-15-20(31)18-37-21-4-3-5-22(12-21)39(2,32)33/h3-5,12-13,16,19-20,27,31H,6-11,14-15,17-18H2,1-2H3/t19-,20?/m1/s1. The number of rotatable bonds is 9. The molecule has 1 unspecified atom stereocenters. The number of fused-ring (bicyclic) bond motifs is 1. The summed E-state index contributed by atoms with van der Waals surface area (Å²) in [6.45, 7) is 2.63. The van der Waals surface area contributed by atoms with Crippen LogP contribution in [0, 0.1) is 0 Å². The lowest BCUT2D eigenvalue weighted by Gasteiger charge is -2.38. The van der Waals surface area contributed by atoms with E-state index >= 15 is 0 Å². The second-order valence-electron chi connectivity index (χ2n) is 10.7. The van der Waals surface area contributed by atoms with Gasteiger partial charge in [0.2, 0.25) is 15.9 Å². The molecule has 1 aromatic heterocycles. The Hall–Kier alpha value is -2.49. The predicted octanol–water partition coefficient (Wildman–Crippen LogP) is 0.655. The van der Waals surface area contributed by atoms with Crippen molar-refractivity contribution in [3.05, 3.63) is 36.5 Å². The molecule has 220 valence electrons. The first kappa shape index (κ1) is 29.0. The van der Waals surface area contributed by atoms with Gasteiger partial charge in [-0.1, -0.05) is 6.07 Å². The van der Waals surface area contributed by atoms with Crippen LogP contribution in [0.1, 0.15) is 19.3 Å². The van der Waals surface area contributed by atoms with Crippen LogP contribution in [-0.4, -0.2) is 108 Å². The molecule has 5 rings (SSSR count). The van der Waals surface area contributed by atoms with Crippen LogP contribution in [0.4, 0.5) is 5.69 Å². The van der Waals surface area contributed by atoms with Crippen molar-refractivity contribution in [2.45, 2.75) is 46.8 Å². The van der Waals surface area contributed by atoms with Crippen LogP contribution in [-0.2, 0) is 24.6 Å². The smallest absolute Gasteiger partial charge is 0.244 e. The van der Waals surface area contributed by atoms with E-state index in [0.29, 0.717) is 69.4 Å².